The molecule has 2 fully saturated rings. The Hall–Kier alpha value is -0.990. The first-order valence-corrected chi connectivity index (χ1v) is 8.29. The minimum atomic E-state index is -1.01. The Morgan fingerprint density at radius 3 is 2.90 bits per heavy atom. The van der Waals surface area contributed by atoms with Gasteiger partial charge in [-0.2, -0.15) is 0 Å². The number of hydrogen-bond acceptors (Lipinski definition) is 6. The summed E-state index contributed by atoms with van der Waals surface area (Å²) >= 11 is 7.67. The van der Waals surface area contributed by atoms with E-state index in [9.17, 15) is 9.59 Å². The number of carbonyl (C=O) groups is 2. The van der Waals surface area contributed by atoms with Crippen LogP contribution in [0.4, 0.5) is 0 Å². The topological polar surface area (TPSA) is 60.9 Å². The van der Waals surface area contributed by atoms with Gasteiger partial charge in [-0.1, -0.05) is 12.2 Å². The van der Waals surface area contributed by atoms with Gasteiger partial charge < -0.3 is 14.9 Å². The number of thiocarbonyl (C=S) groups is 1. The van der Waals surface area contributed by atoms with Crippen LogP contribution >= 0.6 is 35.7 Å². The molecular formula is C12H14N2O3S3. The van der Waals surface area contributed by atoms with Gasteiger partial charge in [-0.15, -0.1) is 11.8 Å². The maximum absolute atomic E-state index is 11.9. The third-order valence-electron chi connectivity index (χ3n) is 2.88. The normalized spacial score (nSPS) is 23.4. The summed E-state index contributed by atoms with van der Waals surface area (Å²) in [5, 5.41) is 9.79. The number of carboxylic acids is 1. The molecule has 2 aliphatic rings. The molecule has 0 atom stereocenters. The predicted octanol–water partition coefficient (Wildman–Crippen LogP) is 1.73. The van der Waals surface area contributed by atoms with Crippen LogP contribution in [0.25, 0.3) is 0 Å². The first-order chi connectivity index (χ1) is 9.52. The standard InChI is InChI=1S/C12H14N2O3S3/c1-2-13-5-6-19-9(13)4-3-8-11(17)20-12(18)14(8)7-10(15)16/h3-4H,2,5-7H2,1H3,(H,15,16)/b8-3-,9-4-. The fourth-order valence-electron chi connectivity index (χ4n) is 1.92. The fourth-order valence-corrected chi connectivity index (χ4v) is 4.11. The Morgan fingerprint density at radius 2 is 2.25 bits per heavy atom. The van der Waals surface area contributed by atoms with E-state index in [0.717, 1.165) is 35.6 Å². The highest BCUT2D eigenvalue weighted by Gasteiger charge is 2.32. The second-order valence-electron chi connectivity index (χ2n) is 4.12. The van der Waals surface area contributed by atoms with Crippen LogP contribution in [-0.2, 0) is 9.59 Å². The highest BCUT2D eigenvalue weighted by atomic mass is 32.2. The molecule has 8 heteroatoms. The zero-order valence-electron chi connectivity index (χ0n) is 10.9. The molecule has 2 rings (SSSR count). The molecule has 0 amide bonds. The predicted molar refractivity (Wildman–Crippen MR) is 85.4 cm³/mol. The van der Waals surface area contributed by atoms with Crippen molar-refractivity contribution in [3.63, 3.8) is 0 Å². The molecule has 0 aromatic carbocycles. The van der Waals surface area contributed by atoms with Crippen molar-refractivity contribution >= 4 is 51.1 Å². The number of hydrogen-bond donors (Lipinski definition) is 1. The van der Waals surface area contributed by atoms with Crippen LogP contribution in [0.5, 0.6) is 0 Å². The van der Waals surface area contributed by atoms with Crippen LogP contribution in [-0.4, -0.2) is 55.7 Å². The lowest BCUT2D eigenvalue weighted by Gasteiger charge is -2.16. The molecule has 20 heavy (non-hydrogen) atoms. The van der Waals surface area contributed by atoms with Crippen LogP contribution in [0.1, 0.15) is 6.92 Å². The smallest absolute Gasteiger partial charge is 0.323 e. The second kappa shape index (κ2) is 6.64. The molecule has 108 valence electrons. The zero-order valence-corrected chi connectivity index (χ0v) is 13.3. The first kappa shape index (κ1) is 15.4. The van der Waals surface area contributed by atoms with E-state index in [1.165, 1.54) is 4.90 Å². The Bertz CT molecular complexity index is 516. The summed E-state index contributed by atoms with van der Waals surface area (Å²) in [6.07, 6.45) is 3.55. The van der Waals surface area contributed by atoms with Gasteiger partial charge in [0.15, 0.2) is 0 Å². The minimum absolute atomic E-state index is 0.195. The van der Waals surface area contributed by atoms with Crippen molar-refractivity contribution in [1.29, 1.82) is 0 Å². The average Bonchev–Trinajstić information content (AvgIpc) is 2.93. The number of aliphatic carboxylic acids is 1. The second-order valence-corrected chi connectivity index (χ2v) is 6.84. The van der Waals surface area contributed by atoms with Gasteiger partial charge in [0.05, 0.1) is 10.7 Å². The molecule has 0 aromatic heterocycles. The van der Waals surface area contributed by atoms with Crippen LogP contribution in [0.15, 0.2) is 22.9 Å². The molecule has 2 saturated heterocycles. The van der Waals surface area contributed by atoms with E-state index < -0.39 is 5.97 Å². The third-order valence-corrected chi connectivity index (χ3v) is 5.22. The van der Waals surface area contributed by atoms with Crippen molar-refractivity contribution < 1.29 is 14.7 Å². The van der Waals surface area contributed by atoms with Crippen LogP contribution in [0, 0.1) is 0 Å². The maximum atomic E-state index is 11.9. The molecule has 0 unspecified atom stereocenters. The summed E-state index contributed by atoms with van der Waals surface area (Å²) in [6, 6.07) is 0. The highest BCUT2D eigenvalue weighted by molar-refractivity contribution is 8.33. The van der Waals surface area contributed by atoms with E-state index in [1.807, 2.05) is 6.08 Å². The van der Waals surface area contributed by atoms with Gasteiger partial charge in [0, 0.05) is 18.8 Å². The molecule has 2 aliphatic heterocycles. The molecule has 0 bridgehead atoms. The first-order valence-electron chi connectivity index (χ1n) is 6.08. The quantitative estimate of drug-likeness (QED) is 0.618. The summed E-state index contributed by atoms with van der Waals surface area (Å²) < 4.78 is 0.300. The lowest BCUT2D eigenvalue weighted by atomic mass is 10.3. The fraction of sp³-hybridized carbons (Fsp3) is 0.417. The summed E-state index contributed by atoms with van der Waals surface area (Å²) in [5.41, 5.74) is 0.346. The molecule has 0 aromatic rings. The molecule has 1 N–H and O–H groups in total. The van der Waals surface area contributed by atoms with Gasteiger partial charge in [0.25, 0.3) is 0 Å². The number of allylic oxidation sites excluding steroid dienone is 2. The van der Waals surface area contributed by atoms with Crippen LogP contribution in [0.3, 0.4) is 0 Å². The monoisotopic (exact) mass is 330 g/mol. The zero-order chi connectivity index (χ0) is 14.7. The summed E-state index contributed by atoms with van der Waals surface area (Å²) in [4.78, 5) is 26.3. The van der Waals surface area contributed by atoms with Gasteiger partial charge in [0.1, 0.15) is 10.9 Å². The molecule has 0 radical (unpaired) electrons. The minimum Gasteiger partial charge on any atom is -0.480 e. The third kappa shape index (κ3) is 3.36. The highest BCUT2D eigenvalue weighted by Crippen LogP contribution is 2.31. The number of thioether (sulfide) groups is 2. The average molecular weight is 330 g/mol. The van der Waals surface area contributed by atoms with Crippen molar-refractivity contribution in [2.24, 2.45) is 0 Å². The SMILES string of the molecule is CCN1CCS/C1=C\C=C1\C(=O)SC(=S)N1CC(=O)O. The van der Waals surface area contributed by atoms with Crippen molar-refractivity contribution in [1.82, 2.24) is 9.80 Å². The number of carbonyl (C=O) groups excluding carboxylic acids is 1. The van der Waals surface area contributed by atoms with Gasteiger partial charge in [-0.3, -0.25) is 9.59 Å². The van der Waals surface area contributed by atoms with Gasteiger partial charge in [-0.25, -0.2) is 0 Å². The molecule has 0 saturated carbocycles. The van der Waals surface area contributed by atoms with Crippen molar-refractivity contribution in [3.05, 3.63) is 22.9 Å². The molecule has 0 aliphatic carbocycles. The van der Waals surface area contributed by atoms with Crippen LogP contribution < -0.4 is 0 Å². The maximum Gasteiger partial charge on any atom is 0.323 e. The van der Waals surface area contributed by atoms with E-state index in [0.29, 0.717) is 10.0 Å². The molecule has 5 nitrogen and oxygen atoms in total. The van der Waals surface area contributed by atoms with E-state index in [-0.39, 0.29) is 11.7 Å². The van der Waals surface area contributed by atoms with Gasteiger partial charge in [0.2, 0.25) is 5.12 Å². The van der Waals surface area contributed by atoms with Crippen molar-refractivity contribution in [2.45, 2.75) is 6.92 Å². The number of rotatable bonds is 4. The van der Waals surface area contributed by atoms with E-state index in [2.05, 4.69) is 11.8 Å². The van der Waals surface area contributed by atoms with Gasteiger partial charge in [-0.05, 0) is 30.8 Å². The Labute approximate surface area is 131 Å². The van der Waals surface area contributed by atoms with Gasteiger partial charge >= 0.3 is 5.97 Å². The molecule has 2 heterocycles. The van der Waals surface area contributed by atoms with Crippen molar-refractivity contribution in [2.75, 3.05) is 25.4 Å². The van der Waals surface area contributed by atoms with E-state index in [4.69, 9.17) is 17.3 Å². The largest absolute Gasteiger partial charge is 0.480 e. The summed E-state index contributed by atoms with van der Waals surface area (Å²) in [5.74, 6) is 0.0228. The summed E-state index contributed by atoms with van der Waals surface area (Å²) in [7, 11) is 0. The van der Waals surface area contributed by atoms with E-state index >= 15 is 0 Å². The van der Waals surface area contributed by atoms with Crippen LogP contribution in [0.2, 0.25) is 0 Å². The van der Waals surface area contributed by atoms with Crippen molar-refractivity contribution in [3.8, 4) is 0 Å². The molecule has 0 spiro atoms. The lowest BCUT2D eigenvalue weighted by Crippen LogP contribution is -2.28. The number of nitrogens with zero attached hydrogens (tertiary/aromatic N) is 2. The Kier molecular flexibility index (Phi) is 5.11. The Balaban J connectivity index is 2.21. The van der Waals surface area contributed by atoms with E-state index in [1.54, 1.807) is 17.8 Å². The summed E-state index contributed by atoms with van der Waals surface area (Å²) in [6.45, 7) is 3.71. The lowest BCUT2D eigenvalue weighted by molar-refractivity contribution is -0.137. The molecular weight excluding hydrogens is 316 g/mol. The Morgan fingerprint density at radius 1 is 1.50 bits per heavy atom. The number of carboxylic acid groups (broad SMARTS) is 1.